The van der Waals surface area contributed by atoms with Gasteiger partial charge in [0.15, 0.2) is 0 Å². The molecule has 0 N–H and O–H groups in total. The molecule has 1 aliphatic rings. The third-order valence-corrected chi connectivity index (χ3v) is 12.1. The van der Waals surface area contributed by atoms with Crippen molar-refractivity contribution in [3.05, 3.63) is 120 Å². The van der Waals surface area contributed by atoms with Gasteiger partial charge in [-0.3, -0.25) is 0 Å². The second-order valence-electron chi connectivity index (χ2n) is 11.0. The van der Waals surface area contributed by atoms with Gasteiger partial charge in [-0.15, -0.1) is 0 Å². The first kappa shape index (κ1) is 22.3. The Bertz CT molecular complexity index is 1870. The van der Waals surface area contributed by atoms with E-state index in [1.54, 1.807) is 10.4 Å². The Hall–Kier alpha value is -3.94. The maximum atomic E-state index is 2.54. The van der Waals surface area contributed by atoms with Gasteiger partial charge >= 0.3 is 0 Å². The van der Waals surface area contributed by atoms with Crippen LogP contribution in [0.4, 0.5) is 0 Å². The highest BCUT2D eigenvalue weighted by Crippen LogP contribution is 2.46. The van der Waals surface area contributed by atoms with Gasteiger partial charge in [0.1, 0.15) is 8.07 Å². The van der Waals surface area contributed by atoms with E-state index in [0.29, 0.717) is 0 Å². The van der Waals surface area contributed by atoms with E-state index < -0.39 is 8.07 Å². The fraction of sp³-hybridized carbons (Fsp3) is 0.111. The standard InChI is InChI=1S/C36H30Si/c1-23-13-5-7-15-25(23)33-28-18-9-10-19-29(28)34(26-16-8-6-14-24(26)2)35-31(33)22-21-30-27-17-11-12-20-32(27)37(3,4)36(30)35/h5-22H,1-4H3. The van der Waals surface area contributed by atoms with E-state index in [0.717, 1.165) is 0 Å². The van der Waals surface area contributed by atoms with E-state index in [9.17, 15) is 0 Å². The Morgan fingerprint density at radius 1 is 0.432 bits per heavy atom. The van der Waals surface area contributed by atoms with Crippen molar-refractivity contribution >= 4 is 40.0 Å². The third-order valence-electron chi connectivity index (χ3n) is 8.53. The van der Waals surface area contributed by atoms with Gasteiger partial charge < -0.3 is 0 Å². The summed E-state index contributed by atoms with van der Waals surface area (Å²) in [4.78, 5) is 0. The zero-order chi connectivity index (χ0) is 25.3. The van der Waals surface area contributed by atoms with E-state index in [1.807, 2.05) is 0 Å². The second-order valence-corrected chi connectivity index (χ2v) is 15.3. The first-order valence-electron chi connectivity index (χ1n) is 13.2. The van der Waals surface area contributed by atoms with Crippen LogP contribution in [0.5, 0.6) is 0 Å². The Labute approximate surface area is 220 Å². The van der Waals surface area contributed by atoms with Crippen LogP contribution in [-0.4, -0.2) is 8.07 Å². The van der Waals surface area contributed by atoms with Crippen molar-refractivity contribution in [3.8, 4) is 33.4 Å². The molecule has 1 heteroatoms. The van der Waals surface area contributed by atoms with Crippen LogP contribution in [0.1, 0.15) is 11.1 Å². The average Bonchev–Trinajstić information content (AvgIpc) is 3.15. The second kappa shape index (κ2) is 8.03. The van der Waals surface area contributed by atoms with Crippen LogP contribution in [0.15, 0.2) is 109 Å². The van der Waals surface area contributed by atoms with Crippen LogP contribution >= 0.6 is 0 Å². The molecule has 0 saturated heterocycles. The Kier molecular flexibility index (Phi) is 4.83. The van der Waals surface area contributed by atoms with Crippen molar-refractivity contribution in [2.75, 3.05) is 0 Å². The first-order valence-corrected chi connectivity index (χ1v) is 16.2. The summed E-state index contributed by atoms with van der Waals surface area (Å²) in [7, 11) is -1.95. The predicted molar refractivity (Wildman–Crippen MR) is 164 cm³/mol. The molecule has 6 aromatic rings. The lowest BCUT2D eigenvalue weighted by Gasteiger charge is -2.26. The quantitative estimate of drug-likeness (QED) is 0.168. The van der Waals surface area contributed by atoms with E-state index in [4.69, 9.17) is 0 Å². The topological polar surface area (TPSA) is 0 Å². The van der Waals surface area contributed by atoms with Crippen molar-refractivity contribution in [1.82, 2.24) is 0 Å². The molecule has 6 aromatic carbocycles. The fourth-order valence-electron chi connectivity index (χ4n) is 6.82. The highest BCUT2D eigenvalue weighted by Gasteiger charge is 2.40. The van der Waals surface area contributed by atoms with Crippen molar-refractivity contribution < 1.29 is 0 Å². The molecule has 0 fully saturated rings. The zero-order valence-electron chi connectivity index (χ0n) is 21.9. The highest BCUT2D eigenvalue weighted by molar-refractivity contribution is 7.05. The van der Waals surface area contributed by atoms with Gasteiger partial charge in [-0.1, -0.05) is 122 Å². The summed E-state index contributed by atoms with van der Waals surface area (Å²) in [6.45, 7) is 9.58. The van der Waals surface area contributed by atoms with Crippen LogP contribution in [-0.2, 0) is 0 Å². The minimum atomic E-state index is -1.95. The summed E-state index contributed by atoms with van der Waals surface area (Å²) < 4.78 is 0. The normalized spacial score (nSPS) is 13.6. The summed E-state index contributed by atoms with van der Waals surface area (Å²) in [6.07, 6.45) is 0. The molecule has 7 rings (SSSR count). The molecule has 0 bridgehead atoms. The number of hydrogen-bond acceptors (Lipinski definition) is 0. The Balaban J connectivity index is 1.78. The van der Waals surface area contributed by atoms with Gasteiger partial charge in [-0.25, -0.2) is 0 Å². The Morgan fingerprint density at radius 3 is 1.59 bits per heavy atom. The third kappa shape index (κ3) is 3.07. The smallest absolute Gasteiger partial charge is 0.0623 e. The average molecular weight is 491 g/mol. The van der Waals surface area contributed by atoms with Crippen LogP contribution in [0.3, 0.4) is 0 Å². The van der Waals surface area contributed by atoms with Crippen molar-refractivity contribution in [3.63, 3.8) is 0 Å². The molecule has 0 aliphatic carbocycles. The van der Waals surface area contributed by atoms with Crippen LogP contribution in [0.2, 0.25) is 13.1 Å². The molecule has 1 aliphatic heterocycles. The molecule has 0 radical (unpaired) electrons. The molecule has 0 saturated carbocycles. The minimum Gasteiger partial charge on any atom is -0.0623 e. The molecule has 0 atom stereocenters. The Morgan fingerprint density at radius 2 is 0.946 bits per heavy atom. The summed E-state index contributed by atoms with van der Waals surface area (Å²) >= 11 is 0. The van der Waals surface area contributed by atoms with Crippen molar-refractivity contribution in [2.45, 2.75) is 26.9 Å². The SMILES string of the molecule is Cc1ccccc1-c1c2ccccc2c(-c2ccccc2C)c2c3c(ccc12)-c1ccccc1[Si]3(C)C. The van der Waals surface area contributed by atoms with Gasteiger partial charge in [-0.2, -0.15) is 0 Å². The van der Waals surface area contributed by atoms with Crippen molar-refractivity contribution in [2.24, 2.45) is 0 Å². The fourth-order valence-corrected chi connectivity index (χ4v) is 10.3. The predicted octanol–water partition coefficient (Wildman–Crippen LogP) is 8.75. The maximum absolute atomic E-state index is 2.54. The molecule has 0 amide bonds. The lowest BCUT2D eigenvalue weighted by molar-refractivity contribution is 1.47. The first-order chi connectivity index (χ1) is 18.0. The number of rotatable bonds is 2. The van der Waals surface area contributed by atoms with Gasteiger partial charge in [0, 0.05) is 0 Å². The molecule has 0 spiro atoms. The van der Waals surface area contributed by atoms with E-state index >= 15 is 0 Å². The molecule has 37 heavy (non-hydrogen) atoms. The number of hydrogen-bond donors (Lipinski definition) is 0. The molecule has 0 aromatic heterocycles. The summed E-state index contributed by atoms with van der Waals surface area (Å²) in [6, 6.07) is 40.8. The summed E-state index contributed by atoms with van der Waals surface area (Å²) in [5.41, 5.74) is 10.9. The van der Waals surface area contributed by atoms with Crippen molar-refractivity contribution in [1.29, 1.82) is 0 Å². The molecule has 0 unspecified atom stereocenters. The van der Waals surface area contributed by atoms with Gasteiger partial charge in [0.2, 0.25) is 0 Å². The minimum absolute atomic E-state index is 1.32. The molecular formula is C36H30Si. The van der Waals surface area contributed by atoms with Gasteiger partial charge in [-0.05, 0) is 90.3 Å². The van der Waals surface area contributed by atoms with Gasteiger partial charge in [0.05, 0.1) is 0 Å². The van der Waals surface area contributed by atoms with Crippen LogP contribution in [0, 0.1) is 13.8 Å². The molecule has 1 heterocycles. The summed E-state index contributed by atoms with van der Waals surface area (Å²) in [5, 5.41) is 8.65. The largest absolute Gasteiger partial charge is 0.114 e. The number of aryl methyl sites for hydroxylation is 2. The van der Waals surface area contributed by atoms with E-state index in [2.05, 4.69) is 136 Å². The molecular weight excluding hydrogens is 460 g/mol. The van der Waals surface area contributed by atoms with Gasteiger partial charge in [0.25, 0.3) is 0 Å². The lowest BCUT2D eigenvalue weighted by atomic mass is 9.83. The van der Waals surface area contributed by atoms with E-state index in [-0.39, 0.29) is 0 Å². The number of fused-ring (bicyclic) bond motifs is 6. The molecule has 178 valence electrons. The van der Waals surface area contributed by atoms with E-state index in [1.165, 1.54) is 66.1 Å². The lowest BCUT2D eigenvalue weighted by Crippen LogP contribution is -2.49. The number of benzene rings is 6. The van der Waals surface area contributed by atoms with Crippen LogP contribution in [0.25, 0.3) is 54.9 Å². The summed E-state index contributed by atoms with van der Waals surface area (Å²) in [5.74, 6) is 0. The maximum Gasteiger partial charge on any atom is 0.114 e. The monoisotopic (exact) mass is 490 g/mol. The van der Waals surface area contributed by atoms with Crippen LogP contribution < -0.4 is 10.4 Å². The zero-order valence-corrected chi connectivity index (χ0v) is 22.9. The molecule has 0 nitrogen and oxygen atoms in total. The highest BCUT2D eigenvalue weighted by atomic mass is 28.3.